The van der Waals surface area contributed by atoms with Gasteiger partial charge in [-0.3, -0.25) is 9.91 Å². The van der Waals surface area contributed by atoms with Crippen LogP contribution in [0, 0.1) is 11.3 Å². The van der Waals surface area contributed by atoms with Crippen LogP contribution >= 0.6 is 11.8 Å². The van der Waals surface area contributed by atoms with E-state index >= 15 is 0 Å². The molecule has 17 heavy (non-hydrogen) atoms. The average Bonchev–Trinajstić information content (AvgIpc) is 2.86. The molecule has 0 unspecified atom stereocenters. The van der Waals surface area contributed by atoms with Crippen LogP contribution in [0.2, 0.25) is 0 Å². The third-order valence-electron chi connectivity index (χ3n) is 3.22. The number of hydrazine groups is 1. The standard InChI is InChI=1S/C11H16N4OS/c12-6-10-7-17-8-14(10)11(16)15(13)9-4-2-1-3-5-9/h7,9H,1-5,8,13H2. The molecule has 0 aromatic rings. The Morgan fingerprint density at radius 2 is 2.24 bits per heavy atom. The average molecular weight is 252 g/mol. The maximum absolute atomic E-state index is 12.1. The Morgan fingerprint density at radius 1 is 1.53 bits per heavy atom. The van der Waals surface area contributed by atoms with E-state index in [1.807, 2.05) is 6.07 Å². The Labute approximate surface area is 105 Å². The van der Waals surface area contributed by atoms with Gasteiger partial charge >= 0.3 is 6.03 Å². The van der Waals surface area contributed by atoms with E-state index in [4.69, 9.17) is 11.1 Å². The Bertz CT molecular complexity index is 370. The second-order valence-corrected chi connectivity index (χ2v) is 5.15. The molecule has 2 N–H and O–H groups in total. The van der Waals surface area contributed by atoms with E-state index < -0.39 is 0 Å². The van der Waals surface area contributed by atoms with Gasteiger partial charge in [0.25, 0.3) is 0 Å². The van der Waals surface area contributed by atoms with Gasteiger partial charge in [0.05, 0.1) is 5.88 Å². The molecule has 0 spiro atoms. The van der Waals surface area contributed by atoms with Gasteiger partial charge in [-0.2, -0.15) is 5.26 Å². The molecule has 0 bridgehead atoms. The Morgan fingerprint density at radius 3 is 2.88 bits per heavy atom. The van der Waals surface area contributed by atoms with Gasteiger partial charge in [0.2, 0.25) is 0 Å². The SMILES string of the molecule is N#CC1=CSCN1C(=O)N(N)C1CCCCC1. The molecule has 2 rings (SSSR count). The lowest BCUT2D eigenvalue weighted by molar-refractivity contribution is 0.136. The van der Waals surface area contributed by atoms with E-state index in [1.165, 1.54) is 28.1 Å². The number of hydrogen-bond donors (Lipinski definition) is 1. The molecule has 0 saturated heterocycles. The molecular formula is C11H16N4OS. The summed E-state index contributed by atoms with van der Waals surface area (Å²) < 4.78 is 0. The summed E-state index contributed by atoms with van der Waals surface area (Å²) in [5.41, 5.74) is 0.395. The van der Waals surface area contributed by atoms with Gasteiger partial charge < -0.3 is 0 Å². The number of urea groups is 1. The fourth-order valence-corrected chi connectivity index (χ4v) is 3.03. The zero-order chi connectivity index (χ0) is 12.3. The topological polar surface area (TPSA) is 73.4 Å². The van der Waals surface area contributed by atoms with E-state index in [-0.39, 0.29) is 12.1 Å². The quantitative estimate of drug-likeness (QED) is 0.440. The van der Waals surface area contributed by atoms with Crippen LogP contribution in [0.1, 0.15) is 32.1 Å². The van der Waals surface area contributed by atoms with Crippen molar-refractivity contribution in [2.24, 2.45) is 5.84 Å². The molecule has 5 nitrogen and oxygen atoms in total. The summed E-state index contributed by atoms with van der Waals surface area (Å²) in [6.07, 6.45) is 5.41. The van der Waals surface area contributed by atoms with E-state index in [0.29, 0.717) is 11.6 Å². The lowest BCUT2D eigenvalue weighted by Gasteiger charge is -2.32. The van der Waals surface area contributed by atoms with Crippen molar-refractivity contribution >= 4 is 17.8 Å². The van der Waals surface area contributed by atoms with Crippen LogP contribution in [0.15, 0.2) is 11.1 Å². The first kappa shape index (κ1) is 12.3. The van der Waals surface area contributed by atoms with Crippen LogP contribution in [0.3, 0.4) is 0 Å². The van der Waals surface area contributed by atoms with Crippen molar-refractivity contribution in [3.05, 3.63) is 11.1 Å². The third-order valence-corrected chi connectivity index (χ3v) is 4.02. The zero-order valence-corrected chi connectivity index (χ0v) is 10.4. The van der Waals surface area contributed by atoms with Crippen molar-refractivity contribution in [3.8, 4) is 6.07 Å². The van der Waals surface area contributed by atoms with Crippen LogP contribution in [-0.2, 0) is 0 Å². The third kappa shape index (κ3) is 2.56. The summed E-state index contributed by atoms with van der Waals surface area (Å²) in [7, 11) is 0. The summed E-state index contributed by atoms with van der Waals surface area (Å²) in [4.78, 5) is 13.6. The number of nitriles is 1. The molecule has 2 aliphatic rings. The van der Waals surface area contributed by atoms with Gasteiger partial charge in [0.15, 0.2) is 0 Å². The number of amides is 2. The van der Waals surface area contributed by atoms with E-state index in [1.54, 1.807) is 5.41 Å². The van der Waals surface area contributed by atoms with Crippen LogP contribution in [0.4, 0.5) is 4.79 Å². The monoisotopic (exact) mass is 252 g/mol. The molecule has 1 heterocycles. The fraction of sp³-hybridized carbons (Fsp3) is 0.636. The van der Waals surface area contributed by atoms with Crippen LogP contribution in [-0.4, -0.2) is 27.9 Å². The highest BCUT2D eigenvalue weighted by molar-refractivity contribution is 8.02. The van der Waals surface area contributed by atoms with E-state index in [9.17, 15) is 4.79 Å². The minimum atomic E-state index is -0.255. The normalized spacial score (nSPS) is 20.9. The molecule has 1 aliphatic carbocycles. The number of nitrogens with two attached hydrogens (primary N) is 1. The summed E-state index contributed by atoms with van der Waals surface area (Å²) in [6.45, 7) is 0. The Kier molecular flexibility index (Phi) is 3.92. The van der Waals surface area contributed by atoms with Gasteiger partial charge in [0.1, 0.15) is 11.8 Å². The van der Waals surface area contributed by atoms with Crippen molar-refractivity contribution in [1.29, 1.82) is 5.26 Å². The molecule has 2 amide bonds. The molecule has 1 aliphatic heterocycles. The number of thioether (sulfide) groups is 1. The maximum atomic E-state index is 12.1. The summed E-state index contributed by atoms with van der Waals surface area (Å²) in [5, 5.41) is 11.9. The highest BCUT2D eigenvalue weighted by Gasteiger charge is 2.30. The lowest BCUT2D eigenvalue weighted by atomic mass is 9.95. The predicted molar refractivity (Wildman–Crippen MR) is 66.3 cm³/mol. The van der Waals surface area contributed by atoms with Gasteiger partial charge in [-0.15, -0.1) is 11.8 Å². The largest absolute Gasteiger partial charge is 0.340 e. The maximum Gasteiger partial charge on any atom is 0.340 e. The Balaban J connectivity index is 1.99. The second-order valence-electron chi connectivity index (χ2n) is 4.32. The molecule has 0 aromatic heterocycles. The highest BCUT2D eigenvalue weighted by Crippen LogP contribution is 2.26. The molecule has 0 aromatic carbocycles. The summed E-state index contributed by atoms with van der Waals surface area (Å²) in [5.74, 6) is 6.37. The molecular weight excluding hydrogens is 236 g/mol. The first-order valence-electron chi connectivity index (χ1n) is 5.81. The molecule has 0 atom stereocenters. The fourth-order valence-electron chi connectivity index (χ4n) is 2.22. The minimum Gasteiger partial charge on any atom is -0.273 e. The Hall–Kier alpha value is -1.19. The van der Waals surface area contributed by atoms with Crippen molar-refractivity contribution in [2.75, 3.05) is 5.88 Å². The van der Waals surface area contributed by atoms with Gasteiger partial charge in [-0.1, -0.05) is 19.3 Å². The number of carbonyl (C=O) groups is 1. The minimum absolute atomic E-state index is 0.127. The number of carbonyl (C=O) groups excluding carboxylic acids is 1. The molecule has 6 heteroatoms. The van der Waals surface area contributed by atoms with Gasteiger partial charge in [0, 0.05) is 11.4 Å². The van der Waals surface area contributed by atoms with E-state index in [0.717, 1.165) is 25.7 Å². The first-order valence-corrected chi connectivity index (χ1v) is 6.86. The van der Waals surface area contributed by atoms with Gasteiger partial charge in [-0.25, -0.2) is 10.6 Å². The number of allylic oxidation sites excluding steroid dienone is 1. The number of nitrogens with zero attached hydrogens (tertiary/aromatic N) is 3. The van der Waals surface area contributed by atoms with E-state index in [2.05, 4.69) is 0 Å². The molecule has 1 fully saturated rings. The highest BCUT2D eigenvalue weighted by atomic mass is 32.2. The van der Waals surface area contributed by atoms with Crippen molar-refractivity contribution in [2.45, 2.75) is 38.1 Å². The number of hydrogen-bond acceptors (Lipinski definition) is 4. The molecule has 92 valence electrons. The van der Waals surface area contributed by atoms with Crippen LogP contribution in [0.25, 0.3) is 0 Å². The zero-order valence-electron chi connectivity index (χ0n) is 9.63. The first-order chi connectivity index (χ1) is 8.24. The van der Waals surface area contributed by atoms with Crippen LogP contribution in [0.5, 0.6) is 0 Å². The van der Waals surface area contributed by atoms with Crippen molar-refractivity contribution in [1.82, 2.24) is 9.91 Å². The number of rotatable bonds is 1. The molecule has 0 radical (unpaired) electrons. The van der Waals surface area contributed by atoms with Crippen LogP contribution < -0.4 is 5.84 Å². The van der Waals surface area contributed by atoms with Crippen molar-refractivity contribution < 1.29 is 4.79 Å². The smallest absolute Gasteiger partial charge is 0.273 e. The second kappa shape index (κ2) is 5.43. The summed E-state index contributed by atoms with van der Waals surface area (Å²) in [6, 6.07) is 1.89. The van der Waals surface area contributed by atoms with Crippen molar-refractivity contribution in [3.63, 3.8) is 0 Å². The van der Waals surface area contributed by atoms with Gasteiger partial charge in [-0.05, 0) is 12.8 Å². The lowest BCUT2D eigenvalue weighted by Crippen LogP contribution is -2.51. The predicted octanol–water partition coefficient (Wildman–Crippen LogP) is 1.99. The summed E-state index contributed by atoms with van der Waals surface area (Å²) >= 11 is 1.45. The molecule has 1 saturated carbocycles.